The molecule has 0 saturated carbocycles. The molecule has 0 bridgehead atoms. The van der Waals surface area contributed by atoms with E-state index in [1.807, 2.05) is 11.0 Å². The molecule has 3 aliphatic rings. The van der Waals surface area contributed by atoms with Gasteiger partial charge in [-0.3, -0.25) is 4.79 Å². The van der Waals surface area contributed by atoms with Crippen molar-refractivity contribution in [3.63, 3.8) is 0 Å². The van der Waals surface area contributed by atoms with Crippen molar-refractivity contribution in [3.05, 3.63) is 86.2 Å². The molecule has 1 unspecified atom stereocenters. The van der Waals surface area contributed by atoms with Gasteiger partial charge in [-0.25, -0.2) is 14.4 Å². The number of halogens is 5. The molecule has 252 valence electrons. The molecule has 3 aliphatic heterocycles. The quantitative estimate of drug-likeness (QED) is 0.161. The average molecular weight is 705 g/mol. The van der Waals surface area contributed by atoms with Gasteiger partial charge in [-0.1, -0.05) is 23.4 Å². The van der Waals surface area contributed by atoms with Crippen LogP contribution in [0.3, 0.4) is 0 Å². The number of hydrogen-bond acceptors (Lipinski definition) is 10. The lowest BCUT2D eigenvalue weighted by Gasteiger charge is -2.34. The van der Waals surface area contributed by atoms with Crippen molar-refractivity contribution in [1.29, 1.82) is 0 Å². The molecule has 1 fully saturated rings. The first-order valence-electron chi connectivity index (χ1n) is 15.2. The van der Waals surface area contributed by atoms with E-state index >= 15 is 0 Å². The van der Waals surface area contributed by atoms with E-state index in [0.29, 0.717) is 72.1 Å². The summed E-state index contributed by atoms with van der Waals surface area (Å²) in [4.78, 5) is 26.3. The summed E-state index contributed by atoms with van der Waals surface area (Å²) in [5.41, 5.74) is 0.884. The SMILES string of the molecule is COc1ccc2c(c1)OCN(c1nc3c(c(Sc4ccc(F)cc4C(F)(F)F)n1)CCN(c1cnn(C4CCCCO4)c(=O)c1Cl)C3)C2. The zero-order valence-electron chi connectivity index (χ0n) is 25.6. The summed E-state index contributed by atoms with van der Waals surface area (Å²) in [5, 5.41) is 4.67. The minimum absolute atomic E-state index is 0.0101. The first-order valence-corrected chi connectivity index (χ1v) is 16.4. The Hall–Kier alpha value is -4.08. The Morgan fingerprint density at radius 3 is 2.71 bits per heavy atom. The summed E-state index contributed by atoms with van der Waals surface area (Å²) < 4.78 is 74.2. The molecule has 0 amide bonds. The van der Waals surface area contributed by atoms with Gasteiger partial charge in [0, 0.05) is 35.2 Å². The van der Waals surface area contributed by atoms with Crippen LogP contribution in [0.5, 0.6) is 11.5 Å². The smallest absolute Gasteiger partial charge is 0.417 e. The highest BCUT2D eigenvalue weighted by atomic mass is 35.5. The Morgan fingerprint density at radius 2 is 1.94 bits per heavy atom. The summed E-state index contributed by atoms with van der Waals surface area (Å²) in [6.07, 6.45) is -0.920. The summed E-state index contributed by atoms with van der Waals surface area (Å²) >= 11 is 7.44. The van der Waals surface area contributed by atoms with E-state index in [0.717, 1.165) is 42.3 Å². The van der Waals surface area contributed by atoms with Gasteiger partial charge in [-0.15, -0.1) is 0 Å². The Labute approximate surface area is 281 Å². The van der Waals surface area contributed by atoms with Gasteiger partial charge in [0.25, 0.3) is 5.56 Å². The molecule has 7 rings (SSSR count). The third kappa shape index (κ3) is 6.38. The standard InChI is InChI=1S/C32H29ClF4N6O4S/c1-45-20-7-5-18-15-42(17-47-25(18)13-20)31-39-23-16-41(24-14-38-43(30(44)28(24)33)27-4-2-3-11-46-27)10-9-21(23)29(40-31)48-26-8-6-19(34)12-22(26)32(35,36)37/h5-8,12-14,27H,2-4,9-11,15-17H2,1H3. The normalized spacial score (nSPS) is 17.8. The maximum Gasteiger partial charge on any atom is 0.417 e. The molecule has 0 aliphatic carbocycles. The molecule has 2 aromatic heterocycles. The highest BCUT2D eigenvalue weighted by Gasteiger charge is 2.35. The summed E-state index contributed by atoms with van der Waals surface area (Å²) in [6.45, 7) is 1.53. The fourth-order valence-corrected chi connectivity index (χ4v) is 7.32. The van der Waals surface area contributed by atoms with Crippen LogP contribution in [0.15, 0.2) is 57.3 Å². The van der Waals surface area contributed by atoms with Crippen molar-refractivity contribution in [2.75, 3.05) is 36.8 Å². The van der Waals surface area contributed by atoms with Crippen LogP contribution in [-0.2, 0) is 30.4 Å². The van der Waals surface area contributed by atoms with Crippen LogP contribution >= 0.6 is 23.4 Å². The van der Waals surface area contributed by atoms with Gasteiger partial charge in [-0.05, 0) is 56.0 Å². The fourth-order valence-electron chi connectivity index (χ4n) is 5.96. The minimum atomic E-state index is -4.78. The van der Waals surface area contributed by atoms with Crippen LogP contribution in [0.4, 0.5) is 29.2 Å². The van der Waals surface area contributed by atoms with Crippen molar-refractivity contribution in [2.24, 2.45) is 0 Å². The van der Waals surface area contributed by atoms with Gasteiger partial charge in [0.2, 0.25) is 5.95 Å². The second-order valence-corrected chi connectivity index (χ2v) is 12.9. The van der Waals surface area contributed by atoms with E-state index in [-0.39, 0.29) is 29.1 Å². The first-order chi connectivity index (χ1) is 23.1. The summed E-state index contributed by atoms with van der Waals surface area (Å²) in [6, 6.07) is 8.03. The maximum atomic E-state index is 14.0. The molecular formula is C32H29ClF4N6O4S. The number of ether oxygens (including phenoxy) is 3. The van der Waals surface area contributed by atoms with Gasteiger partial charge in [0.15, 0.2) is 13.0 Å². The third-order valence-corrected chi connectivity index (χ3v) is 9.92. The highest BCUT2D eigenvalue weighted by molar-refractivity contribution is 7.99. The van der Waals surface area contributed by atoms with Gasteiger partial charge in [-0.2, -0.15) is 23.0 Å². The molecule has 0 N–H and O–H groups in total. The number of nitrogens with zero attached hydrogens (tertiary/aromatic N) is 6. The van der Waals surface area contributed by atoms with Crippen molar-refractivity contribution in [3.8, 4) is 11.5 Å². The van der Waals surface area contributed by atoms with Gasteiger partial charge >= 0.3 is 6.18 Å². The Bertz CT molecular complexity index is 1920. The van der Waals surface area contributed by atoms with Crippen LogP contribution in [0.25, 0.3) is 0 Å². The minimum Gasteiger partial charge on any atom is -0.497 e. The average Bonchev–Trinajstić information content (AvgIpc) is 3.09. The van der Waals surface area contributed by atoms with Crippen LogP contribution in [0.2, 0.25) is 5.02 Å². The van der Waals surface area contributed by atoms with E-state index in [1.54, 1.807) is 24.1 Å². The molecule has 1 saturated heterocycles. The predicted octanol–water partition coefficient (Wildman–Crippen LogP) is 6.62. The number of alkyl halides is 3. The molecule has 16 heteroatoms. The van der Waals surface area contributed by atoms with Crippen molar-refractivity contribution in [1.82, 2.24) is 19.7 Å². The van der Waals surface area contributed by atoms with E-state index in [1.165, 1.54) is 10.9 Å². The molecule has 0 radical (unpaired) electrons. The number of anilines is 2. The third-order valence-electron chi connectivity index (χ3n) is 8.46. The van der Waals surface area contributed by atoms with E-state index in [9.17, 15) is 22.4 Å². The molecule has 48 heavy (non-hydrogen) atoms. The van der Waals surface area contributed by atoms with Crippen molar-refractivity contribution >= 4 is 35.0 Å². The summed E-state index contributed by atoms with van der Waals surface area (Å²) in [5.74, 6) is 0.527. The van der Waals surface area contributed by atoms with Crippen LogP contribution < -0.4 is 24.8 Å². The lowest BCUT2D eigenvalue weighted by atomic mass is 10.1. The predicted molar refractivity (Wildman–Crippen MR) is 169 cm³/mol. The number of benzene rings is 2. The number of methoxy groups -OCH3 is 1. The number of fused-ring (bicyclic) bond motifs is 2. The Morgan fingerprint density at radius 1 is 1.08 bits per heavy atom. The van der Waals surface area contributed by atoms with Crippen molar-refractivity contribution in [2.45, 2.75) is 61.1 Å². The Balaban J connectivity index is 1.25. The second kappa shape index (κ2) is 13.1. The number of aromatic nitrogens is 4. The lowest BCUT2D eigenvalue weighted by Crippen LogP contribution is -2.37. The largest absolute Gasteiger partial charge is 0.497 e. The van der Waals surface area contributed by atoms with Gasteiger partial charge < -0.3 is 24.0 Å². The fraction of sp³-hybridized carbons (Fsp3) is 0.375. The van der Waals surface area contributed by atoms with Crippen LogP contribution in [0, 0.1) is 5.82 Å². The van der Waals surface area contributed by atoms with Gasteiger partial charge in [0.1, 0.15) is 27.4 Å². The molecule has 4 aromatic rings. The second-order valence-electron chi connectivity index (χ2n) is 11.5. The Kier molecular flexibility index (Phi) is 8.85. The molecule has 2 aromatic carbocycles. The topological polar surface area (TPSA) is 94.8 Å². The first kappa shape index (κ1) is 32.5. The van der Waals surface area contributed by atoms with E-state index < -0.39 is 29.3 Å². The zero-order chi connectivity index (χ0) is 33.6. The maximum absolute atomic E-state index is 14.0. The van der Waals surface area contributed by atoms with Gasteiger partial charge in [0.05, 0.1) is 43.3 Å². The number of rotatable bonds is 6. The molecule has 5 heterocycles. The molecule has 10 nitrogen and oxygen atoms in total. The van der Waals surface area contributed by atoms with E-state index in [4.69, 9.17) is 35.8 Å². The molecule has 0 spiro atoms. The summed E-state index contributed by atoms with van der Waals surface area (Å²) in [7, 11) is 1.56. The van der Waals surface area contributed by atoms with Crippen molar-refractivity contribution < 1.29 is 31.8 Å². The van der Waals surface area contributed by atoms with Crippen LogP contribution in [0.1, 0.15) is 47.9 Å². The lowest BCUT2D eigenvalue weighted by molar-refractivity contribution is -0.139. The molecular weight excluding hydrogens is 676 g/mol. The van der Waals surface area contributed by atoms with E-state index in [2.05, 4.69) is 5.10 Å². The monoisotopic (exact) mass is 704 g/mol. The highest BCUT2D eigenvalue weighted by Crippen LogP contribution is 2.42. The number of hydrogen-bond donors (Lipinski definition) is 0. The molecule has 1 atom stereocenters. The zero-order valence-corrected chi connectivity index (χ0v) is 27.2. The van der Waals surface area contributed by atoms with Crippen LogP contribution in [-0.4, -0.2) is 46.7 Å².